The van der Waals surface area contributed by atoms with Crippen molar-refractivity contribution in [3.63, 3.8) is 0 Å². The first-order valence-electron chi connectivity index (χ1n) is 6.56. The Morgan fingerprint density at radius 2 is 2.05 bits per heavy atom. The van der Waals surface area contributed by atoms with E-state index in [0.29, 0.717) is 26.2 Å². The van der Waals surface area contributed by atoms with Gasteiger partial charge in [-0.1, -0.05) is 0 Å². The highest BCUT2D eigenvalue weighted by atomic mass is 16.4. The second-order valence-corrected chi connectivity index (χ2v) is 4.81. The standard InChI is InChI=1S/C12H17N5O2/c18-12(19)17-6-4-16(5-7-17)11-9-2-1-3-13-10(9)14-8-15-11/h8H,1-7H2,(H,18,19)(H,13,14,15). The Kier molecular flexibility index (Phi) is 3.10. The van der Waals surface area contributed by atoms with Crippen molar-refractivity contribution in [2.45, 2.75) is 12.8 Å². The molecule has 102 valence electrons. The van der Waals surface area contributed by atoms with E-state index in [9.17, 15) is 4.79 Å². The van der Waals surface area contributed by atoms with Gasteiger partial charge in [0.15, 0.2) is 0 Å². The highest BCUT2D eigenvalue weighted by Crippen LogP contribution is 2.28. The van der Waals surface area contributed by atoms with E-state index in [4.69, 9.17) is 5.11 Å². The third-order valence-corrected chi connectivity index (χ3v) is 3.67. The monoisotopic (exact) mass is 263 g/mol. The fraction of sp³-hybridized carbons (Fsp3) is 0.583. The van der Waals surface area contributed by atoms with Gasteiger partial charge in [-0.15, -0.1) is 0 Å². The Labute approximate surface area is 111 Å². The Hall–Kier alpha value is -2.05. The topological polar surface area (TPSA) is 81.6 Å². The number of nitrogens with one attached hydrogen (secondary N) is 1. The van der Waals surface area contributed by atoms with Gasteiger partial charge in [0, 0.05) is 38.3 Å². The molecule has 0 spiro atoms. The van der Waals surface area contributed by atoms with Crippen LogP contribution in [0.15, 0.2) is 6.33 Å². The van der Waals surface area contributed by atoms with Crippen LogP contribution in [0.2, 0.25) is 0 Å². The Morgan fingerprint density at radius 3 is 2.79 bits per heavy atom. The third kappa shape index (κ3) is 2.27. The highest BCUT2D eigenvalue weighted by Gasteiger charge is 2.25. The van der Waals surface area contributed by atoms with E-state index >= 15 is 0 Å². The zero-order valence-corrected chi connectivity index (χ0v) is 10.7. The maximum atomic E-state index is 10.9. The number of anilines is 2. The van der Waals surface area contributed by atoms with Gasteiger partial charge in [-0.25, -0.2) is 14.8 Å². The molecule has 0 radical (unpaired) electrons. The average molecular weight is 263 g/mol. The molecule has 0 aromatic carbocycles. The van der Waals surface area contributed by atoms with Gasteiger partial charge < -0.3 is 20.2 Å². The molecular formula is C12H17N5O2. The number of hydrogen-bond donors (Lipinski definition) is 2. The summed E-state index contributed by atoms with van der Waals surface area (Å²) in [5.41, 5.74) is 1.16. The Bertz CT molecular complexity index is 485. The minimum Gasteiger partial charge on any atom is -0.465 e. The zero-order chi connectivity index (χ0) is 13.2. The molecule has 19 heavy (non-hydrogen) atoms. The number of hydrogen-bond acceptors (Lipinski definition) is 5. The molecular weight excluding hydrogens is 246 g/mol. The number of fused-ring (bicyclic) bond motifs is 1. The molecule has 1 aromatic rings. The van der Waals surface area contributed by atoms with Gasteiger partial charge in [-0.3, -0.25) is 0 Å². The van der Waals surface area contributed by atoms with Crippen molar-refractivity contribution in [2.75, 3.05) is 42.9 Å². The predicted molar refractivity (Wildman–Crippen MR) is 70.7 cm³/mol. The molecule has 0 saturated carbocycles. The lowest BCUT2D eigenvalue weighted by Crippen LogP contribution is -2.49. The van der Waals surface area contributed by atoms with Gasteiger partial charge >= 0.3 is 6.09 Å². The van der Waals surface area contributed by atoms with E-state index in [1.165, 1.54) is 4.90 Å². The fourth-order valence-corrected chi connectivity index (χ4v) is 2.64. The van der Waals surface area contributed by atoms with Crippen LogP contribution >= 0.6 is 0 Å². The van der Waals surface area contributed by atoms with Crippen LogP contribution in [0.5, 0.6) is 0 Å². The SMILES string of the molecule is O=C(O)N1CCN(c2ncnc3c2CCCN3)CC1. The third-order valence-electron chi connectivity index (χ3n) is 3.67. The predicted octanol–water partition coefficient (Wildman–Crippen LogP) is 0.635. The summed E-state index contributed by atoms with van der Waals surface area (Å²) in [6.45, 7) is 3.39. The van der Waals surface area contributed by atoms with Gasteiger partial charge in [-0.05, 0) is 12.8 Å². The smallest absolute Gasteiger partial charge is 0.407 e. The molecule has 3 rings (SSSR count). The maximum absolute atomic E-state index is 10.9. The summed E-state index contributed by atoms with van der Waals surface area (Å²) in [5.74, 6) is 1.89. The number of carboxylic acid groups (broad SMARTS) is 1. The Balaban J connectivity index is 1.78. The molecule has 7 heteroatoms. The van der Waals surface area contributed by atoms with Crippen molar-refractivity contribution in [2.24, 2.45) is 0 Å². The van der Waals surface area contributed by atoms with Gasteiger partial charge in [0.05, 0.1) is 0 Å². The molecule has 1 aromatic heterocycles. The molecule has 2 aliphatic heterocycles. The van der Waals surface area contributed by atoms with Crippen LogP contribution < -0.4 is 10.2 Å². The number of aromatic nitrogens is 2. The highest BCUT2D eigenvalue weighted by molar-refractivity contribution is 5.66. The lowest BCUT2D eigenvalue weighted by Gasteiger charge is -2.35. The van der Waals surface area contributed by atoms with E-state index in [-0.39, 0.29) is 0 Å². The zero-order valence-electron chi connectivity index (χ0n) is 10.7. The lowest BCUT2D eigenvalue weighted by molar-refractivity contribution is 0.142. The van der Waals surface area contributed by atoms with Gasteiger partial charge in [0.25, 0.3) is 0 Å². The Morgan fingerprint density at radius 1 is 1.26 bits per heavy atom. The van der Waals surface area contributed by atoms with Crippen molar-refractivity contribution in [3.8, 4) is 0 Å². The maximum Gasteiger partial charge on any atom is 0.407 e. The number of rotatable bonds is 1. The summed E-state index contributed by atoms with van der Waals surface area (Å²) in [4.78, 5) is 23.2. The first kappa shape index (κ1) is 12.0. The minimum absolute atomic E-state index is 0.529. The molecule has 0 bridgehead atoms. The molecule has 3 heterocycles. The molecule has 0 aliphatic carbocycles. The van der Waals surface area contributed by atoms with Crippen LogP contribution in [0.4, 0.5) is 16.4 Å². The molecule has 7 nitrogen and oxygen atoms in total. The summed E-state index contributed by atoms with van der Waals surface area (Å²) in [6.07, 6.45) is 2.81. The van der Waals surface area contributed by atoms with Crippen LogP contribution in [-0.4, -0.2) is 58.8 Å². The number of piperazine rings is 1. The molecule has 1 fully saturated rings. The number of nitrogens with zero attached hydrogens (tertiary/aromatic N) is 4. The van der Waals surface area contributed by atoms with Gasteiger partial charge in [0.2, 0.25) is 0 Å². The van der Waals surface area contributed by atoms with Crippen LogP contribution in [-0.2, 0) is 6.42 Å². The van der Waals surface area contributed by atoms with Gasteiger partial charge in [-0.2, -0.15) is 0 Å². The summed E-state index contributed by atoms with van der Waals surface area (Å²) >= 11 is 0. The largest absolute Gasteiger partial charge is 0.465 e. The molecule has 1 amide bonds. The molecule has 1 saturated heterocycles. The van der Waals surface area contributed by atoms with E-state index in [1.807, 2.05) is 0 Å². The second kappa shape index (κ2) is 4.91. The van der Waals surface area contributed by atoms with E-state index in [0.717, 1.165) is 36.6 Å². The average Bonchev–Trinajstić information content (AvgIpc) is 2.47. The number of amides is 1. The van der Waals surface area contributed by atoms with Crippen LogP contribution in [0.1, 0.15) is 12.0 Å². The molecule has 2 aliphatic rings. The van der Waals surface area contributed by atoms with Crippen molar-refractivity contribution in [1.29, 1.82) is 0 Å². The first-order chi connectivity index (χ1) is 9.25. The van der Waals surface area contributed by atoms with E-state index < -0.39 is 6.09 Å². The van der Waals surface area contributed by atoms with Crippen molar-refractivity contribution >= 4 is 17.7 Å². The lowest BCUT2D eigenvalue weighted by atomic mass is 10.1. The van der Waals surface area contributed by atoms with Crippen LogP contribution in [0.25, 0.3) is 0 Å². The summed E-state index contributed by atoms with van der Waals surface area (Å²) in [5, 5.41) is 12.2. The van der Waals surface area contributed by atoms with Crippen molar-refractivity contribution in [1.82, 2.24) is 14.9 Å². The van der Waals surface area contributed by atoms with Crippen molar-refractivity contribution in [3.05, 3.63) is 11.9 Å². The van der Waals surface area contributed by atoms with E-state index in [2.05, 4.69) is 20.2 Å². The normalized spacial score (nSPS) is 18.7. The molecule has 2 N–H and O–H groups in total. The molecule has 0 unspecified atom stereocenters. The van der Waals surface area contributed by atoms with Crippen LogP contribution in [0.3, 0.4) is 0 Å². The van der Waals surface area contributed by atoms with E-state index in [1.54, 1.807) is 6.33 Å². The minimum atomic E-state index is -0.842. The summed E-state index contributed by atoms with van der Waals surface area (Å²) in [6, 6.07) is 0. The van der Waals surface area contributed by atoms with Crippen LogP contribution in [0, 0.1) is 0 Å². The first-order valence-corrected chi connectivity index (χ1v) is 6.56. The summed E-state index contributed by atoms with van der Waals surface area (Å²) in [7, 11) is 0. The van der Waals surface area contributed by atoms with Gasteiger partial charge in [0.1, 0.15) is 18.0 Å². The quantitative estimate of drug-likeness (QED) is 0.773. The number of carbonyl (C=O) groups is 1. The summed E-state index contributed by atoms with van der Waals surface area (Å²) < 4.78 is 0. The van der Waals surface area contributed by atoms with Crippen molar-refractivity contribution < 1.29 is 9.90 Å². The fourth-order valence-electron chi connectivity index (χ4n) is 2.64. The molecule has 0 atom stereocenters. The second-order valence-electron chi connectivity index (χ2n) is 4.81.